The highest BCUT2D eigenvalue weighted by molar-refractivity contribution is 5.37. The fourth-order valence-corrected chi connectivity index (χ4v) is 1.24. The minimum absolute atomic E-state index is 0.667. The Bertz CT molecular complexity index is 402. The Kier molecular flexibility index (Phi) is 2.57. The molecule has 1 fully saturated rings. The molecule has 0 atom stereocenters. The van der Waals surface area contributed by atoms with Crippen molar-refractivity contribution in [2.75, 3.05) is 0 Å². The molecule has 0 unspecified atom stereocenters. The van der Waals surface area contributed by atoms with Gasteiger partial charge < -0.3 is 0 Å². The van der Waals surface area contributed by atoms with Crippen LogP contribution in [0.2, 0.25) is 0 Å². The van der Waals surface area contributed by atoms with Crippen LogP contribution in [-0.4, -0.2) is 0 Å². The van der Waals surface area contributed by atoms with Crippen molar-refractivity contribution in [2.45, 2.75) is 19.3 Å². The van der Waals surface area contributed by atoms with E-state index in [9.17, 15) is 0 Å². The van der Waals surface area contributed by atoms with E-state index in [1.807, 2.05) is 12.1 Å². The Morgan fingerprint density at radius 2 is 1.93 bits per heavy atom. The first kappa shape index (κ1) is 8.92. The second-order valence-corrected chi connectivity index (χ2v) is 3.62. The maximum atomic E-state index is 5.23. The molecule has 0 nitrogen and oxygen atoms in total. The first-order valence-electron chi connectivity index (χ1n) is 4.92. The fraction of sp³-hybridized carbons (Fsp3) is 0.286. The summed E-state index contributed by atoms with van der Waals surface area (Å²) in [6.45, 7) is 0. The van der Waals surface area contributed by atoms with Crippen molar-refractivity contribution >= 4 is 0 Å². The van der Waals surface area contributed by atoms with Gasteiger partial charge in [-0.2, -0.15) is 0 Å². The maximum absolute atomic E-state index is 5.23. The van der Waals surface area contributed by atoms with Gasteiger partial charge in [0.05, 0.1) is 0 Å². The normalized spacial score (nSPS) is 13.9. The molecule has 0 saturated heterocycles. The second kappa shape index (κ2) is 4.03. The Labute approximate surface area is 85.3 Å². The Hall–Kier alpha value is -1.66. The van der Waals surface area contributed by atoms with Crippen molar-refractivity contribution in [1.82, 2.24) is 0 Å². The van der Waals surface area contributed by atoms with Crippen molar-refractivity contribution in [3.63, 3.8) is 0 Å². The van der Waals surface area contributed by atoms with E-state index < -0.39 is 0 Å². The third-order valence-corrected chi connectivity index (χ3v) is 2.26. The molecule has 0 N–H and O–H groups in total. The SMILES string of the molecule is C#CCc1ccc(C#CC2CC2)cc1. The molecule has 0 heteroatoms. The van der Waals surface area contributed by atoms with Gasteiger partial charge in [-0.1, -0.05) is 24.0 Å². The highest BCUT2D eigenvalue weighted by Gasteiger charge is 2.17. The van der Waals surface area contributed by atoms with E-state index in [4.69, 9.17) is 6.42 Å². The Balaban J connectivity index is 2.07. The van der Waals surface area contributed by atoms with E-state index in [1.165, 1.54) is 18.4 Å². The van der Waals surface area contributed by atoms with E-state index in [-0.39, 0.29) is 0 Å². The molecule has 0 heterocycles. The summed E-state index contributed by atoms with van der Waals surface area (Å²) in [4.78, 5) is 0. The lowest BCUT2D eigenvalue weighted by molar-refractivity contribution is 1.18. The molecule has 1 aliphatic carbocycles. The average Bonchev–Trinajstić information content (AvgIpc) is 3.01. The van der Waals surface area contributed by atoms with E-state index >= 15 is 0 Å². The molecule has 1 aromatic carbocycles. The van der Waals surface area contributed by atoms with Crippen LogP contribution >= 0.6 is 0 Å². The second-order valence-electron chi connectivity index (χ2n) is 3.62. The summed E-state index contributed by atoms with van der Waals surface area (Å²) in [5, 5.41) is 0. The molecule has 0 radical (unpaired) electrons. The van der Waals surface area contributed by atoms with Gasteiger partial charge in [0.1, 0.15) is 0 Å². The maximum Gasteiger partial charge on any atom is 0.0337 e. The topological polar surface area (TPSA) is 0 Å². The molecule has 0 spiro atoms. The van der Waals surface area contributed by atoms with Crippen LogP contribution in [0.5, 0.6) is 0 Å². The van der Waals surface area contributed by atoms with Crippen LogP contribution in [0.1, 0.15) is 24.0 Å². The highest BCUT2D eigenvalue weighted by atomic mass is 14.2. The number of hydrogen-bond donors (Lipinski definition) is 0. The van der Waals surface area contributed by atoms with Gasteiger partial charge in [0, 0.05) is 17.9 Å². The lowest BCUT2D eigenvalue weighted by Crippen LogP contribution is -1.81. The molecular formula is C14H12. The lowest BCUT2D eigenvalue weighted by atomic mass is 10.1. The summed E-state index contributed by atoms with van der Waals surface area (Å²) in [6.07, 6.45) is 8.49. The molecule has 1 saturated carbocycles. The number of benzene rings is 1. The summed E-state index contributed by atoms with van der Waals surface area (Å²) >= 11 is 0. The molecule has 0 amide bonds. The van der Waals surface area contributed by atoms with Crippen LogP contribution in [0.15, 0.2) is 24.3 Å². The van der Waals surface area contributed by atoms with E-state index in [1.54, 1.807) is 0 Å². The van der Waals surface area contributed by atoms with E-state index in [0.717, 1.165) is 5.56 Å². The minimum Gasteiger partial charge on any atom is -0.120 e. The number of rotatable bonds is 1. The van der Waals surface area contributed by atoms with Gasteiger partial charge in [0.2, 0.25) is 0 Å². The number of terminal acetylenes is 1. The van der Waals surface area contributed by atoms with Crippen molar-refractivity contribution in [3.8, 4) is 24.2 Å². The predicted molar refractivity (Wildman–Crippen MR) is 58.6 cm³/mol. The Morgan fingerprint density at radius 3 is 2.50 bits per heavy atom. The largest absolute Gasteiger partial charge is 0.120 e. The van der Waals surface area contributed by atoms with Gasteiger partial charge in [-0.15, -0.1) is 12.3 Å². The van der Waals surface area contributed by atoms with E-state index in [0.29, 0.717) is 12.3 Å². The van der Waals surface area contributed by atoms with Gasteiger partial charge in [-0.25, -0.2) is 0 Å². The predicted octanol–water partition coefficient (Wildman–Crippen LogP) is 2.62. The summed E-state index contributed by atoms with van der Waals surface area (Å²) in [5.41, 5.74) is 2.28. The summed E-state index contributed by atoms with van der Waals surface area (Å²) < 4.78 is 0. The Morgan fingerprint density at radius 1 is 1.21 bits per heavy atom. The van der Waals surface area contributed by atoms with Crippen molar-refractivity contribution in [3.05, 3.63) is 35.4 Å². The first-order valence-corrected chi connectivity index (χ1v) is 4.92. The summed E-state index contributed by atoms with van der Waals surface area (Å²) in [7, 11) is 0. The molecular weight excluding hydrogens is 168 g/mol. The molecule has 1 aromatic rings. The van der Waals surface area contributed by atoms with Crippen molar-refractivity contribution in [1.29, 1.82) is 0 Å². The third kappa shape index (κ3) is 2.41. The molecule has 2 rings (SSSR count). The number of hydrogen-bond acceptors (Lipinski definition) is 0. The molecule has 1 aliphatic rings. The lowest BCUT2D eigenvalue weighted by Gasteiger charge is -1.94. The van der Waals surface area contributed by atoms with Gasteiger partial charge in [-0.3, -0.25) is 0 Å². The van der Waals surface area contributed by atoms with Gasteiger partial charge in [0.15, 0.2) is 0 Å². The monoisotopic (exact) mass is 180 g/mol. The molecule has 68 valence electrons. The van der Waals surface area contributed by atoms with Crippen LogP contribution < -0.4 is 0 Å². The van der Waals surface area contributed by atoms with Crippen LogP contribution in [-0.2, 0) is 6.42 Å². The molecule has 0 bridgehead atoms. The van der Waals surface area contributed by atoms with Crippen LogP contribution in [0, 0.1) is 30.1 Å². The zero-order chi connectivity index (χ0) is 9.80. The van der Waals surface area contributed by atoms with Crippen LogP contribution in [0.3, 0.4) is 0 Å². The van der Waals surface area contributed by atoms with Gasteiger partial charge >= 0.3 is 0 Å². The quantitative estimate of drug-likeness (QED) is 0.583. The summed E-state index contributed by atoms with van der Waals surface area (Å²) in [6, 6.07) is 8.19. The van der Waals surface area contributed by atoms with Crippen molar-refractivity contribution < 1.29 is 0 Å². The van der Waals surface area contributed by atoms with Crippen molar-refractivity contribution in [2.24, 2.45) is 5.92 Å². The van der Waals surface area contributed by atoms with Gasteiger partial charge in [0.25, 0.3) is 0 Å². The first-order chi connectivity index (χ1) is 6.88. The van der Waals surface area contributed by atoms with Crippen LogP contribution in [0.25, 0.3) is 0 Å². The minimum atomic E-state index is 0.667. The third-order valence-electron chi connectivity index (χ3n) is 2.26. The smallest absolute Gasteiger partial charge is 0.0337 e. The standard InChI is InChI=1S/C14H12/c1-2-3-12-4-6-13(7-5-12)8-9-14-10-11-14/h1,4-7,14H,3,10-11H2. The van der Waals surface area contributed by atoms with E-state index in [2.05, 4.69) is 29.9 Å². The van der Waals surface area contributed by atoms with Gasteiger partial charge in [-0.05, 0) is 30.5 Å². The summed E-state index contributed by atoms with van der Waals surface area (Å²) in [5.74, 6) is 9.70. The molecule has 0 aliphatic heterocycles. The fourth-order valence-electron chi connectivity index (χ4n) is 1.24. The molecule has 14 heavy (non-hydrogen) atoms. The highest BCUT2D eigenvalue weighted by Crippen LogP contribution is 2.27. The molecule has 0 aromatic heterocycles. The zero-order valence-corrected chi connectivity index (χ0v) is 8.09. The van der Waals surface area contributed by atoms with Crippen LogP contribution in [0.4, 0.5) is 0 Å². The zero-order valence-electron chi connectivity index (χ0n) is 8.09. The average molecular weight is 180 g/mol.